The highest BCUT2D eigenvalue weighted by molar-refractivity contribution is 9.11. The Kier molecular flexibility index (Phi) is 4.20. The second kappa shape index (κ2) is 5.17. The fraction of sp³-hybridized carbons (Fsp3) is 0.600. The zero-order valence-electron chi connectivity index (χ0n) is 9.27. The predicted octanol–water partition coefficient (Wildman–Crippen LogP) is 3.15. The summed E-state index contributed by atoms with van der Waals surface area (Å²) in [5, 5.41) is -0.0954. The van der Waals surface area contributed by atoms with Gasteiger partial charge >= 0.3 is 0 Å². The van der Waals surface area contributed by atoms with Gasteiger partial charge in [-0.15, -0.1) is 22.9 Å². The number of rotatable bonds is 2. The lowest BCUT2D eigenvalue weighted by Gasteiger charge is -2.32. The molecule has 17 heavy (non-hydrogen) atoms. The van der Waals surface area contributed by atoms with Crippen LogP contribution in [0.4, 0.5) is 0 Å². The average Bonchev–Trinajstić information content (AvgIpc) is 2.69. The normalized spacial score (nSPS) is 27.2. The molecule has 0 saturated carbocycles. The van der Waals surface area contributed by atoms with E-state index in [1.165, 1.54) is 15.6 Å². The quantitative estimate of drug-likeness (QED) is 0.762. The predicted molar refractivity (Wildman–Crippen MR) is 74.2 cm³/mol. The number of hydrogen-bond acceptors (Lipinski definition) is 3. The van der Waals surface area contributed by atoms with Crippen LogP contribution in [0.1, 0.15) is 13.3 Å². The number of alkyl halides is 1. The van der Waals surface area contributed by atoms with E-state index in [-0.39, 0.29) is 5.38 Å². The van der Waals surface area contributed by atoms with E-state index in [0.29, 0.717) is 23.2 Å². The van der Waals surface area contributed by atoms with E-state index in [0.717, 1.165) is 10.2 Å². The third-order valence-corrected chi connectivity index (χ3v) is 7.50. The Morgan fingerprint density at radius 2 is 2.24 bits per heavy atom. The molecule has 1 fully saturated rings. The van der Waals surface area contributed by atoms with Crippen molar-refractivity contribution in [1.82, 2.24) is 4.31 Å². The van der Waals surface area contributed by atoms with E-state index in [4.69, 9.17) is 11.6 Å². The lowest BCUT2D eigenvalue weighted by molar-refractivity contribution is 0.293. The molecule has 1 saturated heterocycles. The van der Waals surface area contributed by atoms with Gasteiger partial charge in [0.1, 0.15) is 4.21 Å². The van der Waals surface area contributed by atoms with Gasteiger partial charge in [0, 0.05) is 18.5 Å². The first kappa shape index (κ1) is 13.8. The summed E-state index contributed by atoms with van der Waals surface area (Å²) in [6, 6.07) is 3.38. The van der Waals surface area contributed by atoms with Crippen LogP contribution in [0.5, 0.6) is 0 Å². The Morgan fingerprint density at radius 3 is 2.76 bits per heavy atom. The van der Waals surface area contributed by atoms with Gasteiger partial charge < -0.3 is 0 Å². The molecule has 2 heterocycles. The van der Waals surface area contributed by atoms with Gasteiger partial charge in [0.05, 0.1) is 3.79 Å². The number of hydrogen-bond donors (Lipinski definition) is 0. The summed E-state index contributed by atoms with van der Waals surface area (Å²) in [5.41, 5.74) is 0. The van der Waals surface area contributed by atoms with Crippen molar-refractivity contribution >= 4 is 48.9 Å². The molecule has 0 radical (unpaired) electrons. The Hall–Kier alpha value is 0.380. The van der Waals surface area contributed by atoms with Gasteiger partial charge in [-0.1, -0.05) is 6.92 Å². The SMILES string of the molecule is CC1CCN(S(=O)(=O)c2ccc(Br)s2)CC1Cl. The molecular weight excluding hydrogens is 346 g/mol. The molecule has 2 atom stereocenters. The summed E-state index contributed by atoms with van der Waals surface area (Å²) >= 11 is 10.7. The summed E-state index contributed by atoms with van der Waals surface area (Å²) < 4.78 is 27.3. The minimum atomic E-state index is -3.36. The Balaban J connectivity index is 2.22. The van der Waals surface area contributed by atoms with Gasteiger partial charge in [0.25, 0.3) is 10.0 Å². The second-order valence-corrected chi connectivity index (χ2v) is 9.39. The van der Waals surface area contributed by atoms with E-state index < -0.39 is 10.0 Å². The highest BCUT2D eigenvalue weighted by Gasteiger charge is 2.33. The van der Waals surface area contributed by atoms with Crippen molar-refractivity contribution in [3.63, 3.8) is 0 Å². The fourth-order valence-electron chi connectivity index (χ4n) is 1.78. The molecule has 2 rings (SSSR count). The summed E-state index contributed by atoms with van der Waals surface area (Å²) in [6.45, 7) is 3.02. The van der Waals surface area contributed by atoms with Crippen molar-refractivity contribution in [1.29, 1.82) is 0 Å². The van der Waals surface area contributed by atoms with Crippen LogP contribution in [-0.2, 0) is 10.0 Å². The maximum absolute atomic E-state index is 12.3. The summed E-state index contributed by atoms with van der Waals surface area (Å²) in [6.07, 6.45) is 0.819. The highest BCUT2D eigenvalue weighted by Crippen LogP contribution is 2.31. The maximum Gasteiger partial charge on any atom is 0.252 e. The van der Waals surface area contributed by atoms with Crippen LogP contribution in [0.3, 0.4) is 0 Å². The Labute approximate surface area is 119 Å². The van der Waals surface area contributed by atoms with Crippen LogP contribution in [0.25, 0.3) is 0 Å². The van der Waals surface area contributed by atoms with Gasteiger partial charge in [-0.3, -0.25) is 0 Å². The lowest BCUT2D eigenvalue weighted by atomic mass is 10.0. The molecule has 1 aromatic heterocycles. The molecule has 7 heteroatoms. The number of thiophene rings is 1. The van der Waals surface area contributed by atoms with Crippen LogP contribution in [0.15, 0.2) is 20.1 Å². The third-order valence-electron chi connectivity index (χ3n) is 2.97. The number of sulfonamides is 1. The molecule has 0 aliphatic carbocycles. The smallest absolute Gasteiger partial charge is 0.206 e. The van der Waals surface area contributed by atoms with Crippen molar-refractivity contribution in [2.45, 2.75) is 22.9 Å². The van der Waals surface area contributed by atoms with E-state index in [1.807, 2.05) is 0 Å². The van der Waals surface area contributed by atoms with Crippen molar-refractivity contribution in [2.24, 2.45) is 5.92 Å². The number of nitrogens with zero attached hydrogens (tertiary/aromatic N) is 1. The van der Waals surface area contributed by atoms with Crippen LogP contribution >= 0.6 is 38.9 Å². The number of halogens is 2. The minimum Gasteiger partial charge on any atom is -0.206 e. The summed E-state index contributed by atoms with van der Waals surface area (Å²) in [4.78, 5) is 0. The first-order valence-electron chi connectivity index (χ1n) is 5.31. The van der Waals surface area contributed by atoms with Crippen LogP contribution < -0.4 is 0 Å². The molecule has 0 bridgehead atoms. The van der Waals surface area contributed by atoms with E-state index in [1.54, 1.807) is 12.1 Å². The highest BCUT2D eigenvalue weighted by atomic mass is 79.9. The van der Waals surface area contributed by atoms with Crippen LogP contribution in [0.2, 0.25) is 0 Å². The summed E-state index contributed by atoms with van der Waals surface area (Å²) in [5.74, 6) is 0.373. The molecule has 1 aliphatic heterocycles. The van der Waals surface area contributed by atoms with Crippen molar-refractivity contribution in [2.75, 3.05) is 13.1 Å². The fourth-order valence-corrected chi connectivity index (χ4v) is 5.80. The molecule has 0 aromatic carbocycles. The van der Waals surface area contributed by atoms with Gasteiger partial charge in [-0.05, 0) is 40.4 Å². The summed E-state index contributed by atoms with van der Waals surface area (Å²) in [7, 11) is -3.36. The Bertz CT molecular complexity index is 502. The van der Waals surface area contributed by atoms with Crippen LogP contribution in [-0.4, -0.2) is 31.2 Å². The topological polar surface area (TPSA) is 37.4 Å². The molecule has 0 amide bonds. The van der Waals surface area contributed by atoms with E-state index in [9.17, 15) is 8.42 Å². The van der Waals surface area contributed by atoms with Crippen LogP contribution in [0, 0.1) is 5.92 Å². The van der Waals surface area contributed by atoms with Gasteiger partial charge in [-0.25, -0.2) is 8.42 Å². The van der Waals surface area contributed by atoms with Gasteiger partial charge in [0.2, 0.25) is 0 Å². The Morgan fingerprint density at radius 1 is 1.53 bits per heavy atom. The van der Waals surface area contributed by atoms with E-state index >= 15 is 0 Å². The minimum absolute atomic E-state index is 0.0954. The number of piperidine rings is 1. The van der Waals surface area contributed by atoms with E-state index in [2.05, 4.69) is 22.9 Å². The zero-order valence-corrected chi connectivity index (χ0v) is 13.2. The molecule has 96 valence electrons. The zero-order chi connectivity index (χ0) is 12.6. The molecule has 1 aromatic rings. The second-order valence-electron chi connectivity index (χ2n) is 4.20. The largest absolute Gasteiger partial charge is 0.252 e. The average molecular weight is 359 g/mol. The first-order chi connectivity index (χ1) is 7.91. The van der Waals surface area contributed by atoms with Crippen molar-refractivity contribution in [3.05, 3.63) is 15.9 Å². The molecule has 2 unspecified atom stereocenters. The van der Waals surface area contributed by atoms with Crippen molar-refractivity contribution in [3.8, 4) is 0 Å². The first-order valence-corrected chi connectivity index (χ1v) is 8.79. The van der Waals surface area contributed by atoms with Gasteiger partial charge in [0.15, 0.2) is 0 Å². The standard InChI is InChI=1S/C10H13BrClNO2S2/c1-7-4-5-13(6-8(7)12)17(14,15)10-3-2-9(11)16-10/h2-3,7-8H,4-6H2,1H3. The monoisotopic (exact) mass is 357 g/mol. The maximum atomic E-state index is 12.3. The third kappa shape index (κ3) is 2.87. The molecule has 3 nitrogen and oxygen atoms in total. The molecular formula is C10H13BrClNO2S2. The van der Waals surface area contributed by atoms with Crippen molar-refractivity contribution < 1.29 is 8.42 Å². The lowest BCUT2D eigenvalue weighted by Crippen LogP contribution is -2.43. The molecule has 0 N–H and O–H groups in total. The van der Waals surface area contributed by atoms with Gasteiger partial charge in [-0.2, -0.15) is 4.31 Å². The molecule has 0 spiro atoms. The molecule has 1 aliphatic rings.